The maximum atomic E-state index is 14.4. The van der Waals surface area contributed by atoms with E-state index in [2.05, 4.69) is 0 Å². The summed E-state index contributed by atoms with van der Waals surface area (Å²) in [5, 5.41) is 308. The van der Waals surface area contributed by atoms with E-state index in [0.29, 0.717) is 0 Å². The first kappa shape index (κ1) is 103. The maximum absolute atomic E-state index is 14.4. The zero-order chi connectivity index (χ0) is 96.4. The lowest BCUT2D eigenvalue weighted by atomic mass is 9.72. The van der Waals surface area contributed by atoms with Gasteiger partial charge in [-0.05, 0) is 13.0 Å². The highest BCUT2D eigenvalue weighted by Gasteiger charge is 2.62. The minimum Gasteiger partial charge on any atom is -0.507 e. The number of hydrogen-bond acceptors (Lipinski definition) is 54. The van der Waals surface area contributed by atoms with E-state index < -0.39 is 425 Å². The third-order valence-corrected chi connectivity index (χ3v) is 25.7. The number of benzene rings is 2. The van der Waals surface area contributed by atoms with E-state index in [9.17, 15) is 162 Å². The minimum absolute atomic E-state index is 0.0698. The first-order valence-electron chi connectivity index (χ1n) is 42.5. The summed E-state index contributed by atoms with van der Waals surface area (Å²) < 4.78 is 121. The van der Waals surface area contributed by atoms with Crippen LogP contribution in [0.25, 0.3) is 0 Å². The lowest BCUT2D eigenvalue weighted by Gasteiger charge is -2.50. The highest BCUT2D eigenvalue weighted by molar-refractivity contribution is 6.31. The van der Waals surface area contributed by atoms with E-state index in [4.69, 9.17) is 105 Å². The zero-order valence-corrected chi connectivity index (χ0v) is 70.4. The summed E-state index contributed by atoms with van der Waals surface area (Å²) in [5.74, 6) is -7.92. The van der Waals surface area contributed by atoms with Crippen molar-refractivity contribution in [2.24, 2.45) is 5.73 Å². The molecule has 46 atom stereocenters. The van der Waals surface area contributed by atoms with Gasteiger partial charge in [-0.1, -0.05) is 12.1 Å². The Morgan fingerprint density at radius 1 is 0.398 bits per heavy atom. The molecule has 16 bridgehead atoms. The highest BCUT2D eigenvalue weighted by atomic mass is 16.8. The van der Waals surface area contributed by atoms with Crippen LogP contribution in [0, 0.1) is 0 Å². The van der Waals surface area contributed by atoms with Crippen molar-refractivity contribution in [3.8, 4) is 17.2 Å². The van der Waals surface area contributed by atoms with Crippen LogP contribution in [0.2, 0.25) is 0 Å². The van der Waals surface area contributed by atoms with Gasteiger partial charge in [-0.2, -0.15) is 0 Å². The summed E-state index contributed by atoms with van der Waals surface area (Å²) in [5.41, 5.74) is 0.662. The van der Waals surface area contributed by atoms with Crippen molar-refractivity contribution in [2.75, 3.05) is 66.6 Å². The molecule has 0 radical (unpaired) electrons. The molecule has 133 heavy (non-hydrogen) atoms. The summed E-state index contributed by atoms with van der Waals surface area (Å²) in [6, 6.07) is 3.02. The number of nitrogens with two attached hydrogens (primary N) is 1. The Hall–Kier alpha value is -5.97. The van der Waals surface area contributed by atoms with Crippen LogP contribution in [0.3, 0.4) is 0 Å². The number of ether oxygens (including phenoxy) is 21. The third-order valence-electron chi connectivity index (χ3n) is 25.7. The molecule has 0 amide bonds. The third kappa shape index (κ3) is 20.0. The second kappa shape index (κ2) is 42.6. The molecule has 31 fully saturated rings. The van der Waals surface area contributed by atoms with Gasteiger partial charge in [0, 0.05) is 42.0 Å². The lowest BCUT2D eigenvalue weighted by Crippen LogP contribution is -2.69. The number of phenolic OH excluding ortho intramolecular Hbond substituents is 2. The van der Waals surface area contributed by atoms with Gasteiger partial charge in [0.05, 0.1) is 101 Å². The monoisotopic (exact) mass is 1920 g/mol. The molecule has 54 heteroatoms. The van der Waals surface area contributed by atoms with Crippen LogP contribution >= 0.6 is 0 Å². The Labute approximate surface area is 750 Å². The Morgan fingerprint density at radius 2 is 0.707 bits per heavy atom. The normalized spacial score (nSPS) is 45.9. The molecular formula is C79H111NO53. The quantitative estimate of drug-likeness (QED) is 0.0415. The number of phenols is 2. The molecule has 35 rings (SSSR count). The first-order valence-corrected chi connectivity index (χ1v) is 42.5. The molecule has 0 aromatic heterocycles. The van der Waals surface area contributed by atoms with Crippen molar-refractivity contribution in [3.05, 3.63) is 51.6 Å². The van der Waals surface area contributed by atoms with Gasteiger partial charge < -0.3 is 243 Å². The van der Waals surface area contributed by atoms with Gasteiger partial charge >= 0.3 is 11.9 Å². The number of rotatable bonds is 18. The van der Waals surface area contributed by atoms with Crippen LogP contribution in [0.4, 0.5) is 0 Å². The number of aliphatic hydroxyl groups excluding tert-OH is 24. The summed E-state index contributed by atoms with van der Waals surface area (Å²) in [7, 11) is 1.22. The lowest BCUT2D eigenvalue weighted by molar-refractivity contribution is -0.404. The largest absolute Gasteiger partial charge is 0.507 e. The molecule has 31 aliphatic heterocycles. The second-order valence-corrected chi connectivity index (χ2v) is 34.1. The number of aromatic hydroxyl groups is 2. The summed E-state index contributed by atoms with van der Waals surface area (Å²) >= 11 is 0. The van der Waals surface area contributed by atoms with E-state index >= 15 is 0 Å². The number of methoxy groups -OCH3 is 1. The average Bonchev–Trinajstić information content (AvgIpc) is 0.706. The Balaban J connectivity index is 0.697. The van der Waals surface area contributed by atoms with E-state index in [0.717, 1.165) is 0 Å². The van der Waals surface area contributed by atoms with Gasteiger partial charge in [0.15, 0.2) is 69.0 Å². The second-order valence-electron chi connectivity index (χ2n) is 34.1. The Bertz CT molecular complexity index is 4300. The predicted molar refractivity (Wildman–Crippen MR) is 410 cm³/mol. The molecule has 1 unspecified atom stereocenters. The van der Waals surface area contributed by atoms with Crippen LogP contribution < -0.4 is 10.5 Å². The van der Waals surface area contributed by atoms with Crippen LogP contribution in [0.5, 0.6) is 17.2 Å². The number of fused-ring (bicyclic) bond motifs is 3. The van der Waals surface area contributed by atoms with Crippen molar-refractivity contribution in [1.82, 2.24) is 0 Å². The number of carbonyl (C=O) groups excluding carboxylic acids is 5. The number of aliphatic hydroxyl groups is 25. The number of ketones is 3. The van der Waals surface area contributed by atoms with Gasteiger partial charge in [-0.25, -0.2) is 0 Å². The van der Waals surface area contributed by atoms with Gasteiger partial charge in [0.25, 0.3) is 0 Å². The van der Waals surface area contributed by atoms with Crippen molar-refractivity contribution in [2.45, 2.75) is 321 Å². The van der Waals surface area contributed by atoms with E-state index in [-0.39, 0.29) is 28.9 Å². The van der Waals surface area contributed by atoms with Crippen LogP contribution in [0.15, 0.2) is 18.2 Å². The predicted octanol–water partition coefficient (Wildman–Crippen LogP) is -16.5. The van der Waals surface area contributed by atoms with E-state index in [1.807, 2.05) is 0 Å². The van der Waals surface area contributed by atoms with Crippen molar-refractivity contribution >= 4 is 29.3 Å². The fraction of sp³-hybridized carbons (Fsp3) is 0.785. The topological polar surface area (TPSA) is 851 Å². The fourth-order valence-corrected chi connectivity index (χ4v) is 18.3. The molecular weight excluding hydrogens is 1810 g/mol. The number of hydrogen-bond donors (Lipinski definition) is 28. The molecule has 0 saturated carbocycles. The average molecular weight is 1920 g/mol. The number of carbonyl (C=O) groups is 5. The van der Waals surface area contributed by atoms with Crippen molar-refractivity contribution in [3.63, 3.8) is 0 Å². The molecule has 29 N–H and O–H groups in total. The van der Waals surface area contributed by atoms with Crippen LogP contribution in [0.1, 0.15) is 81.7 Å². The molecule has 2 aromatic rings. The number of Topliss-reactive ketones (excluding diaryl/α,β-unsaturated/α-hetero) is 1. The zero-order valence-electron chi connectivity index (χ0n) is 70.4. The standard InChI is InChI=1S/C79H111NO53/c1-20-42(91)23(80)8-37(116-20)117-25-10-79(112,9-22-39(25)46(95)41-40(44(22)93)43(92)21-4-3-5-24(113-2)38(21)45(41)94)34(88)19-115-36(90)7-6-35(89)114-18-33-70-54(103)62(111)78(125-33)132-69-32(17-87)123-76(60(109)52(69)101)130-67-30(15-85)121-74(58(107)50(67)99)128-65-28(13-83)119-72(56(105)48(65)97)126-63-26(11-81)118-71(55(104)47(63)96)127-64-27(12-82)120-73(57(106)49(64)98)129-66-29(14-84)122-75(59(108)51(66)100)131-68-31(16-86)124-77(133-70)61(110)53(68)102/h3-5,20,23,25-33,37,42,47-78,81-87,91,93,95-112H,6-19,80H2,1-2H3/t20-,23-,25?,26+,27+,28+,29+,30+,31+,32+,33+,37-,42+,47+,48+,49+,50+,51+,52+,53+,54+,55+,56+,57+,58+,59+,60+,61+,62+,63+,64+,65+,66+,67+,68+,69+,70+,71+,72+,73+,74+,75+,76+,77+,78+,79-/m0/s1. The molecule has 750 valence electrons. The van der Waals surface area contributed by atoms with Gasteiger partial charge in [0.2, 0.25) is 11.6 Å². The van der Waals surface area contributed by atoms with Crippen LogP contribution in [-0.2, 0) is 116 Å². The molecule has 33 aliphatic rings. The minimum atomic E-state index is -2.75. The van der Waals surface area contributed by atoms with Crippen LogP contribution in [-0.4, -0.2) is 510 Å². The van der Waals surface area contributed by atoms with E-state index in [1.165, 1.54) is 32.2 Å². The fourth-order valence-electron chi connectivity index (χ4n) is 18.3. The summed E-state index contributed by atoms with van der Waals surface area (Å²) in [6.45, 7) is -9.32. The molecule has 2 aliphatic carbocycles. The molecule has 0 spiro atoms. The van der Waals surface area contributed by atoms with Gasteiger partial charge in [0.1, 0.15) is 225 Å². The van der Waals surface area contributed by atoms with Crippen molar-refractivity contribution in [1.29, 1.82) is 0 Å². The summed E-state index contributed by atoms with van der Waals surface area (Å²) in [4.78, 5) is 70.3. The molecule has 2 aromatic carbocycles. The van der Waals surface area contributed by atoms with Gasteiger partial charge in [-0.3, -0.25) is 24.0 Å². The van der Waals surface area contributed by atoms with Gasteiger partial charge in [-0.15, -0.1) is 0 Å². The smallest absolute Gasteiger partial charge is 0.306 e. The Morgan fingerprint density at radius 3 is 1.02 bits per heavy atom. The van der Waals surface area contributed by atoms with Crippen molar-refractivity contribution < 1.29 is 261 Å². The molecule has 31 heterocycles. The highest BCUT2D eigenvalue weighted by Crippen LogP contribution is 2.54. The first-order chi connectivity index (χ1) is 63.2. The van der Waals surface area contributed by atoms with E-state index in [1.54, 1.807) is 0 Å². The SMILES string of the molecule is COc1cccc2c1C(=O)c1c(O)c3c(c(O)c1C2=O)C[C@@](O)(C(=O)COC(=O)CCC(=O)OC[C@H]1O[C@@H]2O[C@H]4[C@H](O)[C@@H](O)[C@@H](O[C@H]5[C@H](O)[C@@H](O)[C@@H](O[C@H]6[C@H](O)[C@@H](O)[C@@H](O[C@H]7[C@H](O)[C@@H](O)[C@@H](O[C@H]8[C@H](O)[C@@H](O)[C@@H](O[C@H]9[C@H](O)[C@@H](O)[C@@H](O[C@H]%10[C@H](O)[C@@H](O)[C@@H](O[C@H]1[C@H](O)[C@H]2O)O[C@@H]%10CO)O[C@@H]9CO)O[C@@H]8CO)O[C@@H]7CO)O[C@@H]6CO)O[C@@H]5CO)O[C@@H]4CO)CC3O[C@H]1C[C@H](N)[C@H](O)[C@H](C)O1. The number of esters is 2. The maximum Gasteiger partial charge on any atom is 0.306 e. The molecule has 54 nitrogen and oxygen atoms in total. The Kier molecular flexibility index (Phi) is 33.0. The molecule has 31 saturated heterocycles. The summed E-state index contributed by atoms with van der Waals surface area (Å²) in [6.07, 6.45) is -97.1.